The van der Waals surface area contributed by atoms with Crippen LogP contribution in [0.4, 0.5) is 0 Å². The van der Waals surface area contributed by atoms with E-state index in [-0.39, 0.29) is 12.1 Å². The summed E-state index contributed by atoms with van der Waals surface area (Å²) in [5.74, 6) is 0.822. The van der Waals surface area contributed by atoms with Gasteiger partial charge in [0.05, 0.1) is 17.2 Å². The highest BCUT2D eigenvalue weighted by atomic mass is 35.5. The van der Waals surface area contributed by atoms with Crippen molar-refractivity contribution in [2.45, 2.75) is 13.5 Å². The lowest BCUT2D eigenvalue weighted by Gasteiger charge is -2.03. The first-order valence-electron chi connectivity index (χ1n) is 5.57. The molecule has 0 saturated carbocycles. The summed E-state index contributed by atoms with van der Waals surface area (Å²) in [6, 6.07) is 5.00. The maximum absolute atomic E-state index is 12.3. The second-order valence-electron chi connectivity index (χ2n) is 4.05. The number of aromatic nitrogens is 4. The van der Waals surface area contributed by atoms with Gasteiger partial charge in [-0.25, -0.2) is 4.98 Å². The van der Waals surface area contributed by atoms with Crippen LogP contribution < -0.4 is 5.56 Å². The van der Waals surface area contributed by atoms with Crippen LogP contribution in [0.1, 0.15) is 11.8 Å². The Hall–Kier alpha value is -2.21. The van der Waals surface area contributed by atoms with Gasteiger partial charge < -0.3 is 4.42 Å². The Morgan fingerprint density at radius 3 is 2.95 bits per heavy atom. The average molecular weight is 277 g/mol. The standard InChI is InChI=1S/C12H9ClN4O2/c1-7-15-16-11(19-7)5-17-6-14-10-3-2-8(13)4-9(10)12(17)18/h2-4,6H,5H2,1H3. The zero-order chi connectivity index (χ0) is 13.4. The molecule has 6 nitrogen and oxygen atoms in total. The smallest absolute Gasteiger partial charge is 0.261 e. The van der Waals surface area contributed by atoms with E-state index >= 15 is 0 Å². The molecule has 0 amide bonds. The van der Waals surface area contributed by atoms with Gasteiger partial charge in [0, 0.05) is 11.9 Å². The summed E-state index contributed by atoms with van der Waals surface area (Å²) < 4.78 is 6.65. The molecule has 19 heavy (non-hydrogen) atoms. The van der Waals surface area contributed by atoms with Gasteiger partial charge in [-0.3, -0.25) is 9.36 Å². The molecule has 0 unspecified atom stereocenters. The number of hydrogen-bond donors (Lipinski definition) is 0. The van der Waals surface area contributed by atoms with Crippen LogP contribution >= 0.6 is 11.6 Å². The van der Waals surface area contributed by atoms with E-state index < -0.39 is 0 Å². The highest BCUT2D eigenvalue weighted by Gasteiger charge is 2.08. The van der Waals surface area contributed by atoms with Crippen molar-refractivity contribution in [3.8, 4) is 0 Å². The van der Waals surface area contributed by atoms with E-state index in [2.05, 4.69) is 15.2 Å². The Balaban J connectivity index is 2.09. The van der Waals surface area contributed by atoms with Crippen molar-refractivity contribution in [2.75, 3.05) is 0 Å². The summed E-state index contributed by atoms with van der Waals surface area (Å²) in [4.78, 5) is 16.5. The summed E-state index contributed by atoms with van der Waals surface area (Å²) in [5.41, 5.74) is 0.413. The molecule has 0 atom stereocenters. The normalized spacial score (nSPS) is 11.1. The van der Waals surface area contributed by atoms with E-state index in [0.29, 0.717) is 27.7 Å². The highest BCUT2D eigenvalue weighted by Crippen LogP contribution is 2.14. The molecule has 0 saturated heterocycles. The predicted octanol–water partition coefficient (Wildman–Crippen LogP) is 1.79. The lowest BCUT2D eigenvalue weighted by Crippen LogP contribution is -2.21. The zero-order valence-electron chi connectivity index (χ0n) is 10.00. The Labute approximate surface area is 112 Å². The molecule has 0 radical (unpaired) electrons. The van der Waals surface area contributed by atoms with Crippen LogP contribution in [0.2, 0.25) is 5.02 Å². The number of fused-ring (bicyclic) bond motifs is 1. The third kappa shape index (κ3) is 2.22. The Morgan fingerprint density at radius 2 is 2.21 bits per heavy atom. The van der Waals surface area contributed by atoms with Gasteiger partial charge in [0.2, 0.25) is 11.8 Å². The molecule has 0 aliphatic rings. The highest BCUT2D eigenvalue weighted by molar-refractivity contribution is 6.31. The van der Waals surface area contributed by atoms with Crippen LogP contribution in [0, 0.1) is 6.92 Å². The van der Waals surface area contributed by atoms with E-state index in [1.165, 1.54) is 10.9 Å². The lowest BCUT2D eigenvalue weighted by atomic mass is 10.2. The second kappa shape index (κ2) is 4.47. The minimum absolute atomic E-state index is 0.190. The second-order valence-corrected chi connectivity index (χ2v) is 4.49. The van der Waals surface area contributed by atoms with Gasteiger partial charge in [0.1, 0.15) is 6.54 Å². The van der Waals surface area contributed by atoms with Gasteiger partial charge in [-0.1, -0.05) is 11.6 Å². The molecule has 7 heteroatoms. The van der Waals surface area contributed by atoms with Crippen LogP contribution in [-0.2, 0) is 6.54 Å². The molecule has 2 aromatic heterocycles. The van der Waals surface area contributed by atoms with Crippen LogP contribution in [0.3, 0.4) is 0 Å². The molecule has 3 aromatic rings. The summed E-state index contributed by atoms with van der Waals surface area (Å²) in [6.45, 7) is 1.88. The first kappa shape index (κ1) is 11.9. The molecule has 0 spiro atoms. The lowest BCUT2D eigenvalue weighted by molar-refractivity contribution is 0.451. The van der Waals surface area contributed by atoms with Gasteiger partial charge in [-0.2, -0.15) is 0 Å². The van der Waals surface area contributed by atoms with Gasteiger partial charge in [0.25, 0.3) is 5.56 Å². The van der Waals surface area contributed by atoms with Crippen LogP contribution in [0.25, 0.3) is 10.9 Å². The molecule has 0 fully saturated rings. The maximum atomic E-state index is 12.3. The molecular weight excluding hydrogens is 268 g/mol. The monoisotopic (exact) mass is 276 g/mol. The van der Waals surface area contributed by atoms with E-state index in [9.17, 15) is 4.79 Å². The minimum Gasteiger partial charge on any atom is -0.424 e. The molecule has 0 N–H and O–H groups in total. The molecule has 3 rings (SSSR count). The summed E-state index contributed by atoms with van der Waals surface area (Å²) in [6.07, 6.45) is 1.46. The first-order valence-corrected chi connectivity index (χ1v) is 5.95. The van der Waals surface area contributed by atoms with E-state index in [4.69, 9.17) is 16.0 Å². The van der Waals surface area contributed by atoms with E-state index in [1.807, 2.05) is 0 Å². The molecular formula is C12H9ClN4O2. The number of aryl methyl sites for hydroxylation is 1. The van der Waals surface area contributed by atoms with Gasteiger partial charge >= 0.3 is 0 Å². The van der Waals surface area contributed by atoms with E-state index in [0.717, 1.165) is 0 Å². The fourth-order valence-electron chi connectivity index (χ4n) is 1.79. The number of nitrogens with zero attached hydrogens (tertiary/aromatic N) is 4. The summed E-state index contributed by atoms with van der Waals surface area (Å²) >= 11 is 5.89. The number of hydrogen-bond acceptors (Lipinski definition) is 5. The predicted molar refractivity (Wildman–Crippen MR) is 69.2 cm³/mol. The quantitative estimate of drug-likeness (QED) is 0.713. The molecule has 96 valence electrons. The number of halogens is 1. The third-order valence-electron chi connectivity index (χ3n) is 2.66. The zero-order valence-corrected chi connectivity index (χ0v) is 10.8. The molecule has 0 aliphatic carbocycles. The SMILES string of the molecule is Cc1nnc(Cn2cnc3ccc(Cl)cc3c2=O)o1. The summed E-state index contributed by atoms with van der Waals surface area (Å²) in [5, 5.41) is 8.53. The maximum Gasteiger partial charge on any atom is 0.261 e. The molecule has 0 bridgehead atoms. The Bertz CT molecular complexity index is 809. The molecule has 0 aliphatic heterocycles. The largest absolute Gasteiger partial charge is 0.424 e. The fourth-order valence-corrected chi connectivity index (χ4v) is 1.96. The summed E-state index contributed by atoms with van der Waals surface area (Å²) in [7, 11) is 0. The fraction of sp³-hybridized carbons (Fsp3) is 0.167. The topological polar surface area (TPSA) is 73.8 Å². The van der Waals surface area contributed by atoms with Crippen molar-refractivity contribution >= 4 is 22.5 Å². The van der Waals surface area contributed by atoms with Crippen LogP contribution in [-0.4, -0.2) is 19.7 Å². The van der Waals surface area contributed by atoms with E-state index in [1.54, 1.807) is 25.1 Å². The van der Waals surface area contributed by atoms with Gasteiger partial charge in [-0.05, 0) is 18.2 Å². The van der Waals surface area contributed by atoms with Gasteiger partial charge in [-0.15, -0.1) is 10.2 Å². The van der Waals surface area contributed by atoms with Crippen molar-refractivity contribution in [3.05, 3.63) is 51.7 Å². The van der Waals surface area contributed by atoms with Crippen molar-refractivity contribution in [1.82, 2.24) is 19.7 Å². The first-order chi connectivity index (χ1) is 9.13. The van der Waals surface area contributed by atoms with Crippen molar-refractivity contribution in [3.63, 3.8) is 0 Å². The van der Waals surface area contributed by atoms with Crippen molar-refractivity contribution in [2.24, 2.45) is 0 Å². The van der Waals surface area contributed by atoms with Crippen LogP contribution in [0.15, 0.2) is 33.7 Å². The minimum atomic E-state index is -0.191. The number of benzene rings is 1. The van der Waals surface area contributed by atoms with Crippen molar-refractivity contribution < 1.29 is 4.42 Å². The average Bonchev–Trinajstić information content (AvgIpc) is 2.79. The van der Waals surface area contributed by atoms with Gasteiger partial charge in [0.15, 0.2) is 0 Å². The van der Waals surface area contributed by atoms with Crippen molar-refractivity contribution in [1.29, 1.82) is 0 Å². The van der Waals surface area contributed by atoms with Crippen LogP contribution in [0.5, 0.6) is 0 Å². The molecule has 1 aromatic carbocycles. The number of rotatable bonds is 2. The molecule has 2 heterocycles. The third-order valence-corrected chi connectivity index (χ3v) is 2.89. The Kier molecular flexibility index (Phi) is 2.79. The Morgan fingerprint density at radius 1 is 1.37 bits per heavy atom.